The highest BCUT2D eigenvalue weighted by molar-refractivity contribution is 5.55. The van der Waals surface area contributed by atoms with Crippen LogP contribution >= 0.6 is 0 Å². The van der Waals surface area contributed by atoms with Gasteiger partial charge in [-0.2, -0.15) is 4.98 Å². The molecule has 1 N–H and O–H groups in total. The molecule has 0 spiro atoms. The summed E-state index contributed by atoms with van der Waals surface area (Å²) in [4.78, 5) is 8.31. The number of aromatic nitrogens is 2. The molecule has 0 saturated carbocycles. The van der Waals surface area contributed by atoms with Crippen LogP contribution in [0.4, 0.5) is 5.82 Å². The summed E-state index contributed by atoms with van der Waals surface area (Å²) in [7, 11) is 1.58. The molecule has 0 bridgehead atoms. The molecule has 2 rings (SSSR count). The fourth-order valence-electron chi connectivity index (χ4n) is 1.88. The molecule has 0 amide bonds. The maximum absolute atomic E-state index is 5.89. The molecule has 20 heavy (non-hydrogen) atoms. The Hall–Kier alpha value is -2.30. The van der Waals surface area contributed by atoms with Gasteiger partial charge in [-0.3, -0.25) is 0 Å². The fraction of sp³-hybridized carbons (Fsp3) is 0.333. The third kappa shape index (κ3) is 3.17. The van der Waals surface area contributed by atoms with Gasteiger partial charge in [0.15, 0.2) is 5.82 Å². The summed E-state index contributed by atoms with van der Waals surface area (Å²) in [6.07, 6.45) is 1.35. The molecule has 0 radical (unpaired) electrons. The zero-order valence-corrected chi connectivity index (χ0v) is 12.0. The zero-order valence-electron chi connectivity index (χ0n) is 12.0. The molecule has 1 unspecified atom stereocenters. The number of nitrogens with zero attached hydrogens (tertiary/aromatic N) is 2. The van der Waals surface area contributed by atoms with Crippen LogP contribution in [0.1, 0.15) is 25.5 Å². The van der Waals surface area contributed by atoms with Crippen LogP contribution in [-0.4, -0.2) is 23.6 Å². The van der Waals surface area contributed by atoms with Crippen molar-refractivity contribution in [3.63, 3.8) is 0 Å². The lowest BCUT2D eigenvalue weighted by Crippen LogP contribution is -2.08. The first-order chi connectivity index (χ1) is 9.76. The lowest BCUT2D eigenvalue weighted by atomic mass is 10.1. The van der Waals surface area contributed by atoms with Gasteiger partial charge in [-0.25, -0.2) is 4.98 Å². The van der Waals surface area contributed by atoms with Gasteiger partial charge in [-0.05, 0) is 19.4 Å². The summed E-state index contributed by atoms with van der Waals surface area (Å²) in [5, 5.41) is 3.12. The van der Waals surface area contributed by atoms with Crippen LogP contribution in [0.15, 0.2) is 36.7 Å². The molecule has 1 heterocycles. The Labute approximate surface area is 119 Å². The summed E-state index contributed by atoms with van der Waals surface area (Å²) < 4.78 is 11.2. The summed E-state index contributed by atoms with van der Waals surface area (Å²) in [6.45, 7) is 4.72. The molecular weight excluding hydrogens is 254 g/mol. The number of benzene rings is 1. The summed E-state index contributed by atoms with van der Waals surface area (Å²) >= 11 is 0. The molecule has 1 aromatic heterocycles. The largest absolute Gasteiger partial charge is 0.489 e. The van der Waals surface area contributed by atoms with Crippen molar-refractivity contribution in [2.75, 3.05) is 19.0 Å². The minimum atomic E-state index is -0.116. The number of hydrogen-bond donors (Lipinski definition) is 1. The quantitative estimate of drug-likeness (QED) is 0.876. The number of hydrogen-bond acceptors (Lipinski definition) is 5. The number of anilines is 1. The van der Waals surface area contributed by atoms with Crippen LogP contribution in [0.3, 0.4) is 0 Å². The third-order valence-corrected chi connectivity index (χ3v) is 2.88. The van der Waals surface area contributed by atoms with Gasteiger partial charge in [-0.15, -0.1) is 0 Å². The molecule has 0 saturated heterocycles. The maximum Gasteiger partial charge on any atom is 0.263 e. The molecule has 0 aliphatic heterocycles. The number of ether oxygens (including phenoxy) is 2. The van der Waals surface area contributed by atoms with Gasteiger partial charge in [0.05, 0.1) is 7.11 Å². The number of methoxy groups -OCH3 is 1. The SMILES string of the molecule is CCNc1ncnc(OC(C)c2ccccc2)c1OC. The van der Waals surface area contributed by atoms with E-state index in [-0.39, 0.29) is 6.10 Å². The predicted octanol–water partition coefficient (Wildman–Crippen LogP) is 3.06. The normalized spacial score (nSPS) is 11.8. The lowest BCUT2D eigenvalue weighted by Gasteiger charge is -2.17. The van der Waals surface area contributed by atoms with E-state index in [0.29, 0.717) is 17.4 Å². The van der Waals surface area contributed by atoms with E-state index in [0.717, 1.165) is 12.1 Å². The molecule has 2 aromatic rings. The van der Waals surface area contributed by atoms with Gasteiger partial charge in [0.25, 0.3) is 5.88 Å². The first-order valence-corrected chi connectivity index (χ1v) is 6.60. The van der Waals surface area contributed by atoms with E-state index in [9.17, 15) is 0 Å². The van der Waals surface area contributed by atoms with E-state index in [1.165, 1.54) is 6.33 Å². The van der Waals surface area contributed by atoms with Crippen molar-refractivity contribution in [2.45, 2.75) is 20.0 Å². The van der Waals surface area contributed by atoms with Gasteiger partial charge >= 0.3 is 0 Å². The second kappa shape index (κ2) is 6.75. The van der Waals surface area contributed by atoms with Crippen molar-refractivity contribution in [3.05, 3.63) is 42.2 Å². The second-order valence-electron chi connectivity index (χ2n) is 4.26. The van der Waals surface area contributed by atoms with Gasteiger partial charge < -0.3 is 14.8 Å². The third-order valence-electron chi connectivity index (χ3n) is 2.88. The summed E-state index contributed by atoms with van der Waals surface area (Å²) in [5.74, 6) is 1.60. The first kappa shape index (κ1) is 14.1. The molecule has 0 aliphatic carbocycles. The van der Waals surface area contributed by atoms with Gasteiger partial charge in [0.2, 0.25) is 5.75 Å². The highest BCUT2D eigenvalue weighted by atomic mass is 16.5. The number of rotatable bonds is 6. The van der Waals surface area contributed by atoms with Crippen molar-refractivity contribution in [2.24, 2.45) is 0 Å². The highest BCUT2D eigenvalue weighted by Crippen LogP contribution is 2.33. The molecule has 1 aromatic carbocycles. The minimum Gasteiger partial charge on any atom is -0.489 e. The van der Waals surface area contributed by atoms with E-state index in [4.69, 9.17) is 9.47 Å². The standard InChI is InChI=1S/C15H19N3O2/c1-4-16-14-13(19-3)15(18-10-17-14)20-11(2)12-8-6-5-7-9-12/h5-11H,4H2,1-3H3,(H,16,17,18). The van der Waals surface area contributed by atoms with Crippen molar-refractivity contribution >= 4 is 5.82 Å². The Morgan fingerprint density at radius 1 is 1.20 bits per heavy atom. The predicted molar refractivity (Wildman–Crippen MR) is 78.2 cm³/mol. The Morgan fingerprint density at radius 2 is 1.95 bits per heavy atom. The molecule has 5 heteroatoms. The topological polar surface area (TPSA) is 56.3 Å². The Bertz CT molecular complexity index is 546. The van der Waals surface area contributed by atoms with Crippen LogP contribution in [-0.2, 0) is 0 Å². The lowest BCUT2D eigenvalue weighted by molar-refractivity contribution is 0.206. The van der Waals surface area contributed by atoms with E-state index in [2.05, 4.69) is 15.3 Å². The van der Waals surface area contributed by atoms with E-state index >= 15 is 0 Å². The van der Waals surface area contributed by atoms with Gasteiger partial charge in [0.1, 0.15) is 12.4 Å². The van der Waals surface area contributed by atoms with Gasteiger partial charge in [-0.1, -0.05) is 30.3 Å². The van der Waals surface area contributed by atoms with E-state index < -0.39 is 0 Å². The highest BCUT2D eigenvalue weighted by Gasteiger charge is 2.16. The Kier molecular flexibility index (Phi) is 4.76. The second-order valence-corrected chi connectivity index (χ2v) is 4.26. The number of nitrogens with one attached hydrogen (secondary N) is 1. The Morgan fingerprint density at radius 3 is 2.60 bits per heavy atom. The molecule has 0 aliphatic rings. The monoisotopic (exact) mass is 273 g/mol. The average molecular weight is 273 g/mol. The van der Waals surface area contributed by atoms with Crippen LogP contribution in [0.5, 0.6) is 11.6 Å². The molecule has 0 fully saturated rings. The minimum absolute atomic E-state index is 0.116. The zero-order chi connectivity index (χ0) is 14.4. The smallest absolute Gasteiger partial charge is 0.263 e. The van der Waals surface area contributed by atoms with Crippen molar-refractivity contribution in [1.29, 1.82) is 0 Å². The Balaban J connectivity index is 2.22. The van der Waals surface area contributed by atoms with E-state index in [1.54, 1.807) is 7.11 Å². The summed E-state index contributed by atoms with van der Waals surface area (Å²) in [5.41, 5.74) is 1.08. The van der Waals surface area contributed by atoms with Crippen LogP contribution in [0.25, 0.3) is 0 Å². The average Bonchev–Trinajstić information content (AvgIpc) is 2.49. The molecular formula is C15H19N3O2. The first-order valence-electron chi connectivity index (χ1n) is 6.60. The molecule has 106 valence electrons. The van der Waals surface area contributed by atoms with Crippen LogP contribution < -0.4 is 14.8 Å². The van der Waals surface area contributed by atoms with Crippen LogP contribution in [0.2, 0.25) is 0 Å². The maximum atomic E-state index is 5.89. The van der Waals surface area contributed by atoms with Crippen molar-refractivity contribution in [3.8, 4) is 11.6 Å². The fourth-order valence-corrected chi connectivity index (χ4v) is 1.88. The molecule has 5 nitrogen and oxygen atoms in total. The van der Waals surface area contributed by atoms with Gasteiger partial charge in [0, 0.05) is 6.54 Å². The van der Waals surface area contributed by atoms with E-state index in [1.807, 2.05) is 44.2 Å². The van der Waals surface area contributed by atoms with Crippen molar-refractivity contribution in [1.82, 2.24) is 9.97 Å². The molecule has 1 atom stereocenters. The van der Waals surface area contributed by atoms with Crippen LogP contribution in [0, 0.1) is 0 Å². The van der Waals surface area contributed by atoms with Crippen molar-refractivity contribution < 1.29 is 9.47 Å². The summed E-state index contributed by atoms with van der Waals surface area (Å²) in [6, 6.07) is 9.98.